The fourth-order valence-electron chi connectivity index (χ4n) is 5.79. The maximum Gasteiger partial charge on any atom is 0.269 e. The van der Waals surface area contributed by atoms with Crippen molar-refractivity contribution < 1.29 is 14.5 Å². The highest BCUT2D eigenvalue weighted by atomic mass is 16.6. The fourth-order valence-corrected chi connectivity index (χ4v) is 5.79. The van der Waals surface area contributed by atoms with E-state index in [2.05, 4.69) is 17.1 Å². The number of nitro groups is 1. The molecular weight excluding hydrogens is 468 g/mol. The Morgan fingerprint density at radius 3 is 2.57 bits per heavy atom. The largest absolute Gasteiger partial charge is 0.356 e. The Hall–Kier alpha value is -4.46. The number of nitrogens with one attached hydrogen (secondary N) is 1. The minimum Gasteiger partial charge on any atom is -0.356 e. The standard InChI is InChI=1S/C29H26N4O4/c34-26-18-31(15-7-10-19-8-2-1-3-9-19)29(35)25-17-23-22-13-4-5-14-24(22)30-27(23)28(32(25)26)20-11-6-12-21(16-20)33(36)37/h1-6,8-9,11-14,16,25,28,30H,7,10,15,17-18H2/t25-,28?/m0/s1. The maximum atomic E-state index is 13.8. The van der Waals surface area contributed by atoms with E-state index in [1.807, 2.05) is 42.5 Å². The molecule has 8 heteroatoms. The van der Waals surface area contributed by atoms with E-state index in [4.69, 9.17) is 0 Å². The van der Waals surface area contributed by atoms with Gasteiger partial charge in [-0.15, -0.1) is 0 Å². The number of carbonyl (C=O) groups excluding carboxylic acids is 2. The molecule has 0 spiro atoms. The minimum absolute atomic E-state index is 0.00507. The van der Waals surface area contributed by atoms with Gasteiger partial charge in [0.05, 0.1) is 17.5 Å². The molecule has 6 rings (SSSR count). The third-order valence-corrected chi connectivity index (χ3v) is 7.48. The summed E-state index contributed by atoms with van der Waals surface area (Å²) in [7, 11) is 0. The van der Waals surface area contributed by atoms with Gasteiger partial charge in [-0.05, 0) is 35.6 Å². The van der Waals surface area contributed by atoms with Gasteiger partial charge in [0.1, 0.15) is 6.04 Å². The smallest absolute Gasteiger partial charge is 0.269 e. The zero-order valence-corrected chi connectivity index (χ0v) is 20.2. The molecule has 2 aliphatic heterocycles. The lowest BCUT2D eigenvalue weighted by molar-refractivity contribution is -0.384. The second-order valence-electron chi connectivity index (χ2n) is 9.69. The average molecular weight is 495 g/mol. The first-order chi connectivity index (χ1) is 18.0. The Kier molecular flexibility index (Phi) is 5.71. The van der Waals surface area contributed by atoms with Crippen LogP contribution in [-0.2, 0) is 22.4 Å². The van der Waals surface area contributed by atoms with Crippen LogP contribution in [-0.4, -0.2) is 50.7 Å². The van der Waals surface area contributed by atoms with Crippen molar-refractivity contribution >= 4 is 28.4 Å². The summed E-state index contributed by atoms with van der Waals surface area (Å²) < 4.78 is 0. The number of fused-ring (bicyclic) bond motifs is 4. The molecule has 1 aromatic heterocycles. The predicted molar refractivity (Wildman–Crippen MR) is 139 cm³/mol. The van der Waals surface area contributed by atoms with Gasteiger partial charge in [-0.25, -0.2) is 0 Å². The molecule has 0 bridgehead atoms. The highest BCUT2D eigenvalue weighted by molar-refractivity contribution is 5.97. The van der Waals surface area contributed by atoms with Crippen LogP contribution in [0.4, 0.5) is 5.69 Å². The van der Waals surface area contributed by atoms with Gasteiger partial charge in [0.15, 0.2) is 0 Å². The summed E-state index contributed by atoms with van der Waals surface area (Å²) in [6.45, 7) is 0.511. The molecule has 3 heterocycles. The highest BCUT2D eigenvalue weighted by Gasteiger charge is 2.48. The van der Waals surface area contributed by atoms with Crippen molar-refractivity contribution in [3.05, 3.63) is 111 Å². The predicted octanol–water partition coefficient (Wildman–Crippen LogP) is 4.39. The number of rotatable bonds is 6. The van der Waals surface area contributed by atoms with Crippen LogP contribution < -0.4 is 0 Å². The van der Waals surface area contributed by atoms with E-state index in [1.54, 1.807) is 21.9 Å². The quantitative estimate of drug-likeness (QED) is 0.317. The van der Waals surface area contributed by atoms with Crippen LogP contribution in [0.1, 0.15) is 34.8 Å². The van der Waals surface area contributed by atoms with Crippen molar-refractivity contribution in [1.82, 2.24) is 14.8 Å². The summed E-state index contributed by atoms with van der Waals surface area (Å²) in [6, 6.07) is 23.1. The lowest BCUT2D eigenvalue weighted by Crippen LogP contribution is -2.63. The van der Waals surface area contributed by atoms with Crippen LogP contribution in [0.3, 0.4) is 0 Å². The van der Waals surface area contributed by atoms with E-state index in [1.165, 1.54) is 17.7 Å². The molecule has 2 aliphatic rings. The molecule has 1 N–H and O–H groups in total. The van der Waals surface area contributed by atoms with Gasteiger partial charge >= 0.3 is 0 Å². The van der Waals surface area contributed by atoms with Crippen molar-refractivity contribution in [1.29, 1.82) is 0 Å². The van der Waals surface area contributed by atoms with Gasteiger partial charge in [0.2, 0.25) is 11.8 Å². The van der Waals surface area contributed by atoms with Crippen molar-refractivity contribution in [2.24, 2.45) is 0 Å². The van der Waals surface area contributed by atoms with E-state index >= 15 is 0 Å². The number of aromatic nitrogens is 1. The molecule has 1 unspecified atom stereocenters. The third-order valence-electron chi connectivity index (χ3n) is 7.48. The van der Waals surface area contributed by atoms with Gasteiger partial charge < -0.3 is 14.8 Å². The second kappa shape index (κ2) is 9.20. The summed E-state index contributed by atoms with van der Waals surface area (Å²) in [4.78, 5) is 45.3. The Morgan fingerprint density at radius 2 is 1.76 bits per heavy atom. The molecule has 4 aromatic rings. The Balaban J connectivity index is 1.37. The van der Waals surface area contributed by atoms with Crippen LogP contribution in [0.25, 0.3) is 10.9 Å². The molecule has 1 saturated heterocycles. The van der Waals surface area contributed by atoms with Crippen molar-refractivity contribution in [2.45, 2.75) is 31.3 Å². The normalized spacial score (nSPS) is 19.1. The van der Waals surface area contributed by atoms with E-state index in [9.17, 15) is 19.7 Å². The topological polar surface area (TPSA) is 99.5 Å². The molecule has 2 atom stereocenters. The summed E-state index contributed by atoms with van der Waals surface area (Å²) in [5, 5.41) is 12.5. The Morgan fingerprint density at radius 1 is 0.973 bits per heavy atom. The average Bonchev–Trinajstić information content (AvgIpc) is 3.29. The van der Waals surface area contributed by atoms with E-state index in [-0.39, 0.29) is 24.0 Å². The van der Waals surface area contributed by atoms with E-state index in [0.717, 1.165) is 35.0 Å². The molecule has 0 radical (unpaired) electrons. The minimum atomic E-state index is -0.658. The molecule has 3 aromatic carbocycles. The van der Waals surface area contributed by atoms with Crippen LogP contribution in [0.2, 0.25) is 0 Å². The van der Waals surface area contributed by atoms with Crippen LogP contribution >= 0.6 is 0 Å². The highest BCUT2D eigenvalue weighted by Crippen LogP contribution is 2.43. The second-order valence-corrected chi connectivity index (χ2v) is 9.69. The number of hydrogen-bond acceptors (Lipinski definition) is 4. The number of non-ortho nitro benzene ring substituents is 1. The van der Waals surface area contributed by atoms with Crippen LogP contribution in [0.15, 0.2) is 78.9 Å². The maximum absolute atomic E-state index is 13.8. The monoisotopic (exact) mass is 494 g/mol. The summed E-state index contributed by atoms with van der Waals surface area (Å²) >= 11 is 0. The van der Waals surface area contributed by atoms with Crippen molar-refractivity contribution in [3.8, 4) is 0 Å². The number of aryl methyl sites for hydroxylation is 1. The van der Waals surface area contributed by atoms with Gasteiger partial charge in [-0.3, -0.25) is 19.7 Å². The van der Waals surface area contributed by atoms with Gasteiger partial charge in [-0.1, -0.05) is 60.7 Å². The number of para-hydroxylation sites is 1. The molecule has 0 aliphatic carbocycles. The number of hydrogen-bond donors (Lipinski definition) is 1. The number of H-pyrrole nitrogens is 1. The molecule has 186 valence electrons. The zero-order chi connectivity index (χ0) is 25.5. The molecule has 1 fully saturated rings. The number of aromatic amines is 1. The van der Waals surface area contributed by atoms with Crippen molar-refractivity contribution in [2.75, 3.05) is 13.1 Å². The van der Waals surface area contributed by atoms with Crippen molar-refractivity contribution in [3.63, 3.8) is 0 Å². The van der Waals surface area contributed by atoms with Crippen LogP contribution in [0.5, 0.6) is 0 Å². The molecule has 0 saturated carbocycles. The molecular formula is C29H26N4O4. The first-order valence-corrected chi connectivity index (χ1v) is 12.5. The summed E-state index contributed by atoms with van der Waals surface area (Å²) in [5.41, 5.74) is 4.49. The molecule has 37 heavy (non-hydrogen) atoms. The number of amides is 2. The lowest BCUT2D eigenvalue weighted by Gasteiger charge is -2.47. The first kappa shape index (κ1) is 23.0. The molecule has 2 amide bonds. The first-order valence-electron chi connectivity index (χ1n) is 12.5. The van der Waals surface area contributed by atoms with Gasteiger partial charge in [0.25, 0.3) is 5.69 Å². The number of piperazine rings is 1. The number of nitrogens with zero attached hydrogens (tertiary/aromatic N) is 3. The SMILES string of the molecule is O=C1[C@@H]2Cc3c([nH]c4ccccc34)C(c3cccc([N+](=O)[O-])c3)N2C(=O)CN1CCCc1ccccc1. The van der Waals surface area contributed by atoms with Gasteiger partial charge in [0, 0.05) is 41.7 Å². The third kappa shape index (κ3) is 4.04. The Bertz CT molecular complexity index is 1510. The zero-order valence-electron chi connectivity index (χ0n) is 20.2. The number of carbonyl (C=O) groups is 2. The summed E-state index contributed by atoms with van der Waals surface area (Å²) in [6.07, 6.45) is 2.00. The lowest BCUT2D eigenvalue weighted by atomic mass is 9.86. The molecule has 8 nitrogen and oxygen atoms in total. The number of nitro benzene ring substituents is 1. The fraction of sp³-hybridized carbons (Fsp3) is 0.241. The number of benzene rings is 3. The van der Waals surface area contributed by atoms with Gasteiger partial charge in [-0.2, -0.15) is 0 Å². The van der Waals surface area contributed by atoms with E-state index < -0.39 is 17.0 Å². The van der Waals surface area contributed by atoms with Crippen LogP contribution in [0, 0.1) is 10.1 Å². The van der Waals surface area contributed by atoms with E-state index in [0.29, 0.717) is 18.5 Å². The summed E-state index contributed by atoms with van der Waals surface area (Å²) in [5.74, 6) is -0.218. The Labute approximate surface area is 213 Å².